The molecule has 0 spiro atoms. The number of thioether (sulfide) groups is 1. The Hall–Kier alpha value is -1.35. The Morgan fingerprint density at radius 2 is 1.95 bits per heavy atom. The maximum Gasteiger partial charge on any atom is 0.397 e. The van der Waals surface area contributed by atoms with Crippen molar-refractivity contribution in [3.05, 3.63) is 35.4 Å². The van der Waals surface area contributed by atoms with Crippen molar-refractivity contribution in [1.29, 1.82) is 0 Å². The number of halogens is 5. The lowest BCUT2D eigenvalue weighted by atomic mass is 10.0. The van der Waals surface area contributed by atoms with Crippen LogP contribution < -0.4 is 5.32 Å². The van der Waals surface area contributed by atoms with Gasteiger partial charge in [-0.3, -0.25) is 4.79 Å². The molecule has 1 aromatic carbocycles. The second-order valence-corrected chi connectivity index (χ2v) is 5.57. The summed E-state index contributed by atoms with van der Waals surface area (Å²) in [5, 5.41) is 12.2. The summed E-state index contributed by atoms with van der Waals surface area (Å²) in [6.45, 7) is 1.40. The molecule has 3 nitrogen and oxygen atoms in total. The summed E-state index contributed by atoms with van der Waals surface area (Å²) in [5.41, 5.74) is 0.0506. The average molecular weight is 343 g/mol. The molecule has 2 atom stereocenters. The molecule has 9 heteroatoms. The van der Waals surface area contributed by atoms with E-state index in [1.54, 1.807) is 0 Å². The van der Waals surface area contributed by atoms with Gasteiger partial charge in [0.2, 0.25) is 5.91 Å². The number of nitrogens with one attached hydrogen (secondary N) is 1. The van der Waals surface area contributed by atoms with Crippen molar-refractivity contribution in [2.75, 3.05) is 11.5 Å². The predicted octanol–water partition coefficient (Wildman–Crippen LogP) is 2.80. The predicted molar refractivity (Wildman–Crippen MR) is 72.3 cm³/mol. The molecule has 0 aliphatic carbocycles. The monoisotopic (exact) mass is 343 g/mol. The Morgan fingerprint density at radius 1 is 1.32 bits per heavy atom. The standard InChI is InChI=1S/C13H14F5NO2S/c1-7(19-11(20)5-22-6-13(16,17)18)12(21)8-2-3-9(14)10(15)4-8/h2-4,7,12,21H,5-6H2,1H3,(H,19,20). The third-order valence-electron chi connectivity index (χ3n) is 2.65. The first-order valence-electron chi connectivity index (χ1n) is 6.17. The van der Waals surface area contributed by atoms with Crippen molar-refractivity contribution < 1.29 is 31.9 Å². The van der Waals surface area contributed by atoms with E-state index in [9.17, 15) is 31.9 Å². The van der Waals surface area contributed by atoms with E-state index >= 15 is 0 Å². The van der Waals surface area contributed by atoms with Crippen LogP contribution in [0.25, 0.3) is 0 Å². The molecule has 22 heavy (non-hydrogen) atoms. The zero-order valence-electron chi connectivity index (χ0n) is 11.5. The molecule has 0 heterocycles. The van der Waals surface area contributed by atoms with Gasteiger partial charge in [-0.15, -0.1) is 11.8 Å². The number of amides is 1. The largest absolute Gasteiger partial charge is 0.397 e. The Morgan fingerprint density at radius 3 is 2.50 bits per heavy atom. The molecule has 2 N–H and O–H groups in total. The highest BCUT2D eigenvalue weighted by molar-refractivity contribution is 8.00. The third kappa shape index (κ3) is 6.18. The number of benzene rings is 1. The third-order valence-corrected chi connectivity index (χ3v) is 3.64. The van der Waals surface area contributed by atoms with Gasteiger partial charge in [0.15, 0.2) is 11.6 Å². The van der Waals surface area contributed by atoms with Crippen LogP contribution in [0.2, 0.25) is 0 Å². The second-order valence-electron chi connectivity index (χ2n) is 4.58. The summed E-state index contributed by atoms with van der Waals surface area (Å²) in [6, 6.07) is 1.91. The first-order chi connectivity index (χ1) is 10.1. The zero-order valence-corrected chi connectivity index (χ0v) is 12.3. The molecule has 1 aromatic rings. The fourth-order valence-corrected chi connectivity index (χ4v) is 2.22. The van der Waals surface area contributed by atoms with Crippen molar-refractivity contribution in [2.45, 2.75) is 25.2 Å². The number of rotatable bonds is 6. The van der Waals surface area contributed by atoms with Crippen LogP contribution in [0.15, 0.2) is 18.2 Å². The lowest BCUT2D eigenvalue weighted by Gasteiger charge is -2.20. The van der Waals surface area contributed by atoms with Crippen LogP contribution in [-0.4, -0.2) is 34.7 Å². The van der Waals surface area contributed by atoms with Crippen LogP contribution in [0.1, 0.15) is 18.6 Å². The van der Waals surface area contributed by atoms with Crippen molar-refractivity contribution >= 4 is 17.7 Å². The first-order valence-corrected chi connectivity index (χ1v) is 7.32. The number of carbonyl (C=O) groups excluding carboxylic acids is 1. The van der Waals surface area contributed by atoms with E-state index in [1.165, 1.54) is 6.92 Å². The summed E-state index contributed by atoms with van der Waals surface area (Å²) < 4.78 is 61.6. The number of carbonyl (C=O) groups is 1. The lowest BCUT2D eigenvalue weighted by molar-refractivity contribution is -0.120. The van der Waals surface area contributed by atoms with Crippen molar-refractivity contribution in [3.63, 3.8) is 0 Å². The van der Waals surface area contributed by atoms with Crippen LogP contribution in [-0.2, 0) is 4.79 Å². The van der Waals surface area contributed by atoms with Gasteiger partial charge in [0.25, 0.3) is 0 Å². The quantitative estimate of drug-likeness (QED) is 0.781. The van der Waals surface area contributed by atoms with Gasteiger partial charge in [0.05, 0.1) is 23.7 Å². The smallest absolute Gasteiger partial charge is 0.386 e. The van der Waals surface area contributed by atoms with E-state index in [-0.39, 0.29) is 5.56 Å². The summed E-state index contributed by atoms with van der Waals surface area (Å²) in [4.78, 5) is 11.5. The maximum absolute atomic E-state index is 13.1. The molecular weight excluding hydrogens is 329 g/mol. The van der Waals surface area contributed by atoms with E-state index in [2.05, 4.69) is 5.32 Å². The van der Waals surface area contributed by atoms with E-state index in [4.69, 9.17) is 0 Å². The SMILES string of the molecule is CC(NC(=O)CSCC(F)(F)F)C(O)c1ccc(F)c(F)c1. The highest BCUT2D eigenvalue weighted by Crippen LogP contribution is 2.22. The van der Waals surface area contributed by atoms with Gasteiger partial charge in [0.1, 0.15) is 0 Å². The van der Waals surface area contributed by atoms with Gasteiger partial charge in [0, 0.05) is 0 Å². The van der Waals surface area contributed by atoms with E-state index < -0.39 is 47.4 Å². The summed E-state index contributed by atoms with van der Waals surface area (Å²) in [5.74, 6) is -4.48. The fraction of sp³-hybridized carbons (Fsp3) is 0.462. The number of aliphatic hydroxyl groups is 1. The fourth-order valence-electron chi connectivity index (χ4n) is 1.62. The molecule has 0 saturated heterocycles. The van der Waals surface area contributed by atoms with Gasteiger partial charge in [-0.1, -0.05) is 6.07 Å². The normalized spacial score (nSPS) is 14.5. The summed E-state index contributed by atoms with van der Waals surface area (Å²) >= 11 is 0.394. The molecule has 1 amide bonds. The van der Waals surface area contributed by atoms with Crippen molar-refractivity contribution in [1.82, 2.24) is 5.32 Å². The molecule has 0 fully saturated rings. The highest BCUT2D eigenvalue weighted by Gasteiger charge is 2.27. The second kappa shape index (κ2) is 7.77. The highest BCUT2D eigenvalue weighted by atomic mass is 32.2. The number of aliphatic hydroxyl groups excluding tert-OH is 1. The Labute approximate surface area is 127 Å². The van der Waals surface area contributed by atoms with Crippen LogP contribution in [0.5, 0.6) is 0 Å². The van der Waals surface area contributed by atoms with Gasteiger partial charge >= 0.3 is 6.18 Å². The molecule has 1 rings (SSSR count). The topological polar surface area (TPSA) is 49.3 Å². The average Bonchev–Trinajstić information content (AvgIpc) is 2.39. The molecule has 0 aliphatic heterocycles. The molecule has 0 bridgehead atoms. The molecule has 0 saturated carbocycles. The van der Waals surface area contributed by atoms with Gasteiger partial charge in [-0.2, -0.15) is 13.2 Å². The Bertz CT molecular complexity index is 524. The Balaban J connectivity index is 2.51. The van der Waals surface area contributed by atoms with Gasteiger partial charge < -0.3 is 10.4 Å². The van der Waals surface area contributed by atoms with Gasteiger partial charge in [-0.25, -0.2) is 8.78 Å². The minimum Gasteiger partial charge on any atom is -0.386 e. The van der Waals surface area contributed by atoms with Crippen LogP contribution in [0.4, 0.5) is 22.0 Å². The summed E-state index contributed by atoms with van der Waals surface area (Å²) in [7, 11) is 0. The molecular formula is C13H14F5NO2S. The van der Waals surface area contributed by atoms with E-state index in [0.717, 1.165) is 18.2 Å². The maximum atomic E-state index is 13.1. The molecule has 124 valence electrons. The van der Waals surface area contributed by atoms with Gasteiger partial charge in [-0.05, 0) is 24.6 Å². The number of hydrogen-bond acceptors (Lipinski definition) is 3. The van der Waals surface area contributed by atoms with Crippen molar-refractivity contribution in [2.24, 2.45) is 0 Å². The number of alkyl halides is 3. The van der Waals surface area contributed by atoms with E-state index in [1.807, 2.05) is 0 Å². The van der Waals surface area contributed by atoms with E-state index in [0.29, 0.717) is 11.8 Å². The van der Waals surface area contributed by atoms with Crippen LogP contribution in [0, 0.1) is 11.6 Å². The Kier molecular flexibility index (Phi) is 6.61. The molecule has 0 radical (unpaired) electrons. The lowest BCUT2D eigenvalue weighted by Crippen LogP contribution is -2.38. The zero-order chi connectivity index (χ0) is 16.9. The molecule has 0 aromatic heterocycles. The molecule has 0 aliphatic rings. The van der Waals surface area contributed by atoms with Crippen LogP contribution >= 0.6 is 11.8 Å². The number of hydrogen-bond donors (Lipinski definition) is 2. The van der Waals surface area contributed by atoms with Crippen molar-refractivity contribution in [3.8, 4) is 0 Å². The minimum absolute atomic E-state index is 0.0506. The minimum atomic E-state index is -4.36. The molecule has 2 unspecified atom stereocenters. The van der Waals surface area contributed by atoms with Crippen LogP contribution in [0.3, 0.4) is 0 Å². The first kappa shape index (κ1) is 18.7. The summed E-state index contributed by atoms with van der Waals surface area (Å²) in [6.07, 6.45) is -5.67.